The Hall–Kier alpha value is -4.54. The van der Waals surface area contributed by atoms with E-state index in [4.69, 9.17) is 16.3 Å². The molecule has 1 heterocycles. The van der Waals surface area contributed by atoms with E-state index in [0.29, 0.717) is 60.9 Å². The van der Waals surface area contributed by atoms with Gasteiger partial charge in [0.15, 0.2) is 11.4 Å². The second kappa shape index (κ2) is 30.5. The van der Waals surface area contributed by atoms with Crippen LogP contribution >= 0.6 is 11.6 Å². The number of halogens is 1. The molecular formula is C50H70ClN5O4. The van der Waals surface area contributed by atoms with Crippen LogP contribution in [0.3, 0.4) is 0 Å². The van der Waals surface area contributed by atoms with Crippen molar-refractivity contribution in [2.75, 3.05) is 65.4 Å². The molecule has 1 saturated heterocycles. The third-order valence-electron chi connectivity index (χ3n) is 9.90. The molecule has 0 aliphatic carbocycles. The number of benzene rings is 2. The highest BCUT2D eigenvalue weighted by molar-refractivity contribution is 6.30. The Kier molecular flexibility index (Phi) is 25.3. The minimum atomic E-state index is -1.13. The molecule has 3 rings (SSSR count). The second-order valence-electron chi connectivity index (χ2n) is 15.3. The van der Waals surface area contributed by atoms with Crippen LogP contribution in [0.15, 0.2) is 121 Å². The number of ether oxygens (including phenoxy) is 1. The normalized spacial score (nSPS) is 14.2. The van der Waals surface area contributed by atoms with E-state index in [0.717, 1.165) is 84.2 Å². The lowest BCUT2D eigenvalue weighted by Crippen LogP contribution is -2.49. The van der Waals surface area contributed by atoms with Gasteiger partial charge in [-0.2, -0.15) is 0 Å². The predicted molar refractivity (Wildman–Crippen MR) is 250 cm³/mol. The predicted octanol–water partition coefficient (Wildman–Crippen LogP) is 9.04. The van der Waals surface area contributed by atoms with Crippen LogP contribution < -0.4 is 20.7 Å². The second-order valence-corrected chi connectivity index (χ2v) is 15.8. The van der Waals surface area contributed by atoms with Gasteiger partial charge in [0.2, 0.25) is 5.91 Å². The van der Waals surface area contributed by atoms with Crippen LogP contribution in [0.1, 0.15) is 94.5 Å². The molecule has 1 aliphatic heterocycles. The SMILES string of the molecule is CCC=CCC=CCC=CCC=CCC=CCC=CCCC(=O)NCCN(CCCN1CCNCC1)CCNC(=O)C(C)(C)Oc1ccc(C(=O)c2ccc(Cl)cc2)cc1. The number of amides is 2. The van der Waals surface area contributed by atoms with E-state index in [1.165, 1.54) is 0 Å². The number of rotatable bonds is 29. The first kappa shape index (κ1) is 49.8. The zero-order valence-corrected chi connectivity index (χ0v) is 37.1. The van der Waals surface area contributed by atoms with Crippen LogP contribution in [0.2, 0.25) is 5.02 Å². The molecule has 9 nitrogen and oxygen atoms in total. The smallest absolute Gasteiger partial charge is 0.263 e. The third-order valence-corrected chi connectivity index (χ3v) is 10.2. The highest BCUT2D eigenvalue weighted by Crippen LogP contribution is 2.21. The fraction of sp³-hybridized carbons (Fsp3) is 0.460. The Morgan fingerprint density at radius 3 is 1.77 bits per heavy atom. The monoisotopic (exact) mass is 840 g/mol. The quantitative estimate of drug-likeness (QED) is 0.0555. The first-order valence-corrected chi connectivity index (χ1v) is 22.3. The number of hydrogen-bond donors (Lipinski definition) is 3. The minimum absolute atomic E-state index is 0.0462. The Balaban J connectivity index is 1.33. The molecule has 0 saturated carbocycles. The number of allylic oxidation sites excluding steroid dienone is 12. The van der Waals surface area contributed by atoms with Crippen molar-refractivity contribution in [3.63, 3.8) is 0 Å². The molecule has 0 unspecified atom stereocenters. The number of ketones is 1. The van der Waals surface area contributed by atoms with Gasteiger partial charge in [-0.15, -0.1) is 0 Å². The van der Waals surface area contributed by atoms with Crippen molar-refractivity contribution in [3.05, 3.63) is 138 Å². The molecule has 2 aromatic carbocycles. The molecule has 2 aromatic rings. The Bertz CT molecular complexity index is 1710. The summed E-state index contributed by atoms with van der Waals surface area (Å²) in [6, 6.07) is 13.6. The molecule has 60 heavy (non-hydrogen) atoms. The zero-order valence-electron chi connectivity index (χ0n) is 36.4. The molecule has 3 N–H and O–H groups in total. The van der Waals surface area contributed by atoms with E-state index in [2.05, 4.69) is 106 Å². The summed E-state index contributed by atoms with van der Waals surface area (Å²) in [6.45, 7) is 14.0. The summed E-state index contributed by atoms with van der Waals surface area (Å²) in [7, 11) is 0. The van der Waals surface area contributed by atoms with Gasteiger partial charge in [0, 0.05) is 74.9 Å². The van der Waals surface area contributed by atoms with Crippen LogP contribution in [-0.4, -0.2) is 98.4 Å². The van der Waals surface area contributed by atoms with Gasteiger partial charge < -0.3 is 25.6 Å². The lowest BCUT2D eigenvalue weighted by molar-refractivity contribution is -0.134. The largest absolute Gasteiger partial charge is 0.478 e. The average molecular weight is 841 g/mol. The molecule has 10 heteroatoms. The van der Waals surface area contributed by atoms with Gasteiger partial charge in [-0.05, 0) is 127 Å². The maximum Gasteiger partial charge on any atom is 0.263 e. The Morgan fingerprint density at radius 2 is 1.22 bits per heavy atom. The number of carbonyl (C=O) groups excluding carboxylic acids is 3. The summed E-state index contributed by atoms with van der Waals surface area (Å²) in [4.78, 5) is 43.5. The van der Waals surface area contributed by atoms with E-state index in [9.17, 15) is 14.4 Å². The average Bonchev–Trinajstić information content (AvgIpc) is 3.24. The van der Waals surface area contributed by atoms with E-state index in [1.54, 1.807) is 62.4 Å². The number of carbonyl (C=O) groups is 3. The van der Waals surface area contributed by atoms with Crippen molar-refractivity contribution in [2.45, 2.75) is 84.2 Å². The highest BCUT2D eigenvalue weighted by atomic mass is 35.5. The molecule has 1 aliphatic rings. The summed E-state index contributed by atoms with van der Waals surface area (Å²) in [5.74, 6) is 0.194. The number of hydrogen-bond acceptors (Lipinski definition) is 7. The number of nitrogens with zero attached hydrogens (tertiary/aromatic N) is 2. The summed E-state index contributed by atoms with van der Waals surface area (Å²) in [6.07, 6.45) is 34.2. The maximum absolute atomic E-state index is 13.3. The summed E-state index contributed by atoms with van der Waals surface area (Å²) in [5, 5.41) is 10.1. The lowest BCUT2D eigenvalue weighted by atomic mass is 10.0. The zero-order chi connectivity index (χ0) is 43.1. The molecule has 0 bridgehead atoms. The van der Waals surface area contributed by atoms with Crippen LogP contribution in [0, 0.1) is 0 Å². The fourth-order valence-electron chi connectivity index (χ4n) is 6.41. The summed E-state index contributed by atoms with van der Waals surface area (Å²) >= 11 is 5.96. The number of nitrogens with one attached hydrogen (secondary N) is 3. The molecular weight excluding hydrogens is 770 g/mol. The molecule has 0 atom stereocenters. The van der Waals surface area contributed by atoms with Crippen molar-refractivity contribution in [1.29, 1.82) is 0 Å². The highest BCUT2D eigenvalue weighted by Gasteiger charge is 2.30. The summed E-state index contributed by atoms with van der Waals surface area (Å²) < 4.78 is 6.07. The molecule has 0 radical (unpaired) electrons. The van der Waals surface area contributed by atoms with Crippen molar-refractivity contribution >= 4 is 29.2 Å². The van der Waals surface area contributed by atoms with E-state index >= 15 is 0 Å². The fourth-order valence-corrected chi connectivity index (χ4v) is 6.53. The Labute approximate surface area is 365 Å². The van der Waals surface area contributed by atoms with Crippen LogP contribution in [-0.2, 0) is 9.59 Å². The van der Waals surface area contributed by atoms with Crippen LogP contribution in [0.4, 0.5) is 0 Å². The van der Waals surface area contributed by atoms with Gasteiger partial charge in [0.1, 0.15) is 5.75 Å². The lowest BCUT2D eigenvalue weighted by Gasteiger charge is -2.29. The van der Waals surface area contributed by atoms with Crippen LogP contribution in [0.25, 0.3) is 0 Å². The van der Waals surface area contributed by atoms with E-state index in [1.807, 2.05) is 0 Å². The molecule has 1 fully saturated rings. The first-order valence-electron chi connectivity index (χ1n) is 21.9. The topological polar surface area (TPSA) is 103 Å². The molecule has 0 aromatic heterocycles. The maximum atomic E-state index is 13.3. The third kappa shape index (κ3) is 22.2. The number of piperazine rings is 1. The Morgan fingerprint density at radius 1 is 0.717 bits per heavy atom. The molecule has 0 spiro atoms. The van der Waals surface area contributed by atoms with Gasteiger partial charge in [-0.1, -0.05) is 91.4 Å². The van der Waals surface area contributed by atoms with Crippen molar-refractivity contribution in [2.24, 2.45) is 0 Å². The standard InChI is InChI=1S/C50H70ClN5O4/c1-4-5-6-7-8-9-10-11-12-13-14-15-16-17-18-19-20-21-22-24-47(57)53-35-41-56(38-23-37-55-39-33-52-34-40-55)42-36-54-49(59)50(2,3)60-46-31-27-44(28-32-46)48(58)43-25-29-45(51)30-26-43/h5-6,8-9,11-12,14-15,17-18,20-21,25-32,52H,4,7,10,13,16,19,22-24,33-42H2,1-3H3,(H,53,57)(H,54,59). The van der Waals surface area contributed by atoms with Crippen molar-refractivity contribution < 1.29 is 19.1 Å². The summed E-state index contributed by atoms with van der Waals surface area (Å²) in [5.41, 5.74) is -0.0682. The van der Waals surface area contributed by atoms with Crippen LogP contribution in [0.5, 0.6) is 5.75 Å². The first-order chi connectivity index (χ1) is 29.2. The van der Waals surface area contributed by atoms with Crippen molar-refractivity contribution in [3.8, 4) is 5.75 Å². The van der Waals surface area contributed by atoms with Gasteiger partial charge in [-0.25, -0.2) is 0 Å². The molecule has 2 amide bonds. The van der Waals surface area contributed by atoms with Gasteiger partial charge in [-0.3, -0.25) is 19.3 Å². The van der Waals surface area contributed by atoms with E-state index in [-0.39, 0.29) is 17.6 Å². The van der Waals surface area contributed by atoms with Gasteiger partial charge in [0.05, 0.1) is 0 Å². The molecule has 326 valence electrons. The minimum Gasteiger partial charge on any atom is -0.478 e. The van der Waals surface area contributed by atoms with E-state index < -0.39 is 5.60 Å². The van der Waals surface area contributed by atoms with Crippen molar-refractivity contribution in [1.82, 2.24) is 25.8 Å². The van der Waals surface area contributed by atoms with Gasteiger partial charge >= 0.3 is 0 Å². The van der Waals surface area contributed by atoms with Gasteiger partial charge in [0.25, 0.3) is 5.91 Å².